The summed E-state index contributed by atoms with van der Waals surface area (Å²) in [5.41, 5.74) is 7.13. The first kappa shape index (κ1) is 23.5. The van der Waals surface area contributed by atoms with Crippen molar-refractivity contribution in [2.45, 2.75) is 31.8 Å². The number of benzene rings is 1. The molecule has 1 aromatic carbocycles. The fourth-order valence-corrected chi connectivity index (χ4v) is 6.23. The number of primary amides is 1. The van der Waals surface area contributed by atoms with E-state index in [1.165, 1.54) is 34.4 Å². The van der Waals surface area contributed by atoms with Gasteiger partial charge < -0.3 is 20.9 Å². The molecule has 0 aliphatic carbocycles. The van der Waals surface area contributed by atoms with Crippen LogP contribution in [-0.2, 0) is 23.8 Å². The van der Waals surface area contributed by atoms with Crippen LogP contribution in [0.4, 0.5) is 4.39 Å². The van der Waals surface area contributed by atoms with E-state index in [-0.39, 0.29) is 17.8 Å². The molecule has 176 valence electrons. The van der Waals surface area contributed by atoms with Crippen LogP contribution in [0.1, 0.15) is 43.7 Å². The first-order valence-electron chi connectivity index (χ1n) is 10.7. The Morgan fingerprint density at radius 3 is 2.79 bits per heavy atom. The van der Waals surface area contributed by atoms with Gasteiger partial charge in [0.15, 0.2) is 5.01 Å². The van der Waals surface area contributed by atoms with Crippen LogP contribution < -0.4 is 11.1 Å². The molecule has 1 fully saturated rings. The number of hydrogen-bond acceptors (Lipinski definition) is 6. The maximum Gasteiger partial charge on any atom is 0.280 e. The number of likely N-dealkylation sites (N-methyl/N-ethyl adjacent to an activating group) is 1. The Kier molecular flexibility index (Phi) is 7.20. The SMILES string of the molecule is CN1CCc2nc(C(=O)NC3CCS(=O)CC3)sc2C1.NC(=O)c1cc2cc(F)ccc2[nH]1. The minimum Gasteiger partial charge on any atom is -0.364 e. The molecule has 0 radical (unpaired) electrons. The molecule has 0 atom stereocenters. The van der Waals surface area contributed by atoms with Gasteiger partial charge in [-0.25, -0.2) is 9.37 Å². The predicted molar refractivity (Wildman–Crippen MR) is 127 cm³/mol. The molecule has 2 amide bonds. The van der Waals surface area contributed by atoms with Crippen molar-refractivity contribution in [3.63, 3.8) is 0 Å². The Morgan fingerprint density at radius 2 is 2.06 bits per heavy atom. The maximum atomic E-state index is 12.7. The van der Waals surface area contributed by atoms with E-state index in [4.69, 9.17) is 5.73 Å². The molecular formula is C22H26FN5O3S2. The van der Waals surface area contributed by atoms with Crippen molar-refractivity contribution >= 4 is 44.9 Å². The van der Waals surface area contributed by atoms with E-state index in [0.29, 0.717) is 33.1 Å². The molecular weight excluding hydrogens is 465 g/mol. The van der Waals surface area contributed by atoms with Crippen molar-refractivity contribution in [3.8, 4) is 0 Å². The van der Waals surface area contributed by atoms with Crippen LogP contribution in [0.15, 0.2) is 24.3 Å². The number of carbonyl (C=O) groups is 2. The Balaban J connectivity index is 0.000000172. The predicted octanol–water partition coefficient (Wildman–Crippen LogP) is 2.18. The Labute approximate surface area is 197 Å². The zero-order valence-corrected chi connectivity index (χ0v) is 19.9. The second-order valence-corrected chi connectivity index (χ2v) is 11.0. The highest BCUT2D eigenvalue weighted by Gasteiger charge is 2.24. The number of halogens is 1. The van der Waals surface area contributed by atoms with Gasteiger partial charge in [-0.2, -0.15) is 0 Å². The highest BCUT2D eigenvalue weighted by Crippen LogP contribution is 2.24. The molecule has 8 nitrogen and oxygen atoms in total. The third kappa shape index (κ3) is 5.84. The molecule has 0 saturated carbocycles. The summed E-state index contributed by atoms with van der Waals surface area (Å²) in [6.07, 6.45) is 2.55. The van der Waals surface area contributed by atoms with Gasteiger partial charge >= 0.3 is 0 Å². The molecule has 33 heavy (non-hydrogen) atoms. The lowest BCUT2D eigenvalue weighted by Gasteiger charge is -2.21. The first-order chi connectivity index (χ1) is 15.8. The lowest BCUT2D eigenvalue weighted by molar-refractivity contribution is 0.0933. The van der Waals surface area contributed by atoms with Crippen LogP contribution in [0.25, 0.3) is 10.9 Å². The average Bonchev–Trinajstić information content (AvgIpc) is 3.39. The number of aromatic amines is 1. The second-order valence-electron chi connectivity index (χ2n) is 8.25. The molecule has 5 rings (SSSR count). The van der Waals surface area contributed by atoms with Crippen molar-refractivity contribution in [3.05, 3.63) is 51.4 Å². The summed E-state index contributed by atoms with van der Waals surface area (Å²) >= 11 is 1.51. The van der Waals surface area contributed by atoms with Gasteiger partial charge in [0, 0.05) is 63.6 Å². The molecule has 4 N–H and O–H groups in total. The largest absolute Gasteiger partial charge is 0.364 e. The van der Waals surface area contributed by atoms with Crippen molar-refractivity contribution in [2.24, 2.45) is 5.73 Å². The topological polar surface area (TPSA) is 121 Å². The molecule has 3 aromatic rings. The van der Waals surface area contributed by atoms with E-state index >= 15 is 0 Å². The minimum atomic E-state index is -0.688. The number of aromatic nitrogens is 2. The van der Waals surface area contributed by atoms with Crippen LogP contribution in [0.2, 0.25) is 0 Å². The quantitative estimate of drug-likeness (QED) is 0.519. The summed E-state index contributed by atoms with van der Waals surface area (Å²) in [4.78, 5) is 33.7. The summed E-state index contributed by atoms with van der Waals surface area (Å²) in [6, 6.07) is 5.92. The lowest BCUT2D eigenvalue weighted by Crippen LogP contribution is -2.39. The lowest BCUT2D eigenvalue weighted by atomic mass is 10.1. The highest BCUT2D eigenvalue weighted by atomic mass is 32.2. The van der Waals surface area contributed by atoms with Crippen LogP contribution in [0.3, 0.4) is 0 Å². The van der Waals surface area contributed by atoms with Gasteiger partial charge in [-0.1, -0.05) is 0 Å². The number of H-pyrrole nitrogens is 1. The number of nitrogens with two attached hydrogens (primary N) is 1. The number of fused-ring (bicyclic) bond motifs is 2. The third-order valence-corrected chi connectivity index (χ3v) is 8.15. The second kappa shape index (κ2) is 10.1. The van der Waals surface area contributed by atoms with Crippen LogP contribution in [0.5, 0.6) is 0 Å². The zero-order chi connectivity index (χ0) is 23.5. The van der Waals surface area contributed by atoms with Gasteiger partial charge in [0.25, 0.3) is 11.8 Å². The molecule has 0 bridgehead atoms. The molecule has 0 unspecified atom stereocenters. The van der Waals surface area contributed by atoms with Crippen LogP contribution in [0, 0.1) is 5.82 Å². The zero-order valence-electron chi connectivity index (χ0n) is 18.2. The monoisotopic (exact) mass is 491 g/mol. The fourth-order valence-electron chi connectivity index (χ4n) is 3.84. The summed E-state index contributed by atoms with van der Waals surface area (Å²) in [7, 11) is 1.40. The summed E-state index contributed by atoms with van der Waals surface area (Å²) in [6.45, 7) is 1.90. The Bertz CT molecular complexity index is 1200. The maximum absolute atomic E-state index is 12.7. The van der Waals surface area contributed by atoms with Crippen molar-refractivity contribution < 1.29 is 18.2 Å². The molecule has 2 aliphatic heterocycles. The van der Waals surface area contributed by atoms with E-state index in [1.807, 2.05) is 0 Å². The van der Waals surface area contributed by atoms with E-state index in [1.54, 1.807) is 6.07 Å². The van der Waals surface area contributed by atoms with Crippen LogP contribution in [-0.4, -0.2) is 62.0 Å². The smallest absolute Gasteiger partial charge is 0.280 e. The standard InChI is InChI=1S/C13H19N3O2S2.C9H7FN2O/c1-16-5-2-10-11(8-16)19-13(15-10)12(17)14-9-3-6-20(18)7-4-9;10-6-1-2-7-5(3-6)4-8(12-7)9(11)13/h9H,2-8H2,1H3,(H,14,17);1-4,12H,(H2,11,13). The number of amides is 2. The third-order valence-electron chi connectivity index (χ3n) is 5.69. The molecule has 4 heterocycles. The molecule has 2 aromatic heterocycles. The van der Waals surface area contributed by atoms with Crippen molar-refractivity contribution in [2.75, 3.05) is 25.1 Å². The minimum absolute atomic E-state index is 0.0651. The number of nitrogens with zero attached hydrogens (tertiary/aromatic N) is 2. The summed E-state index contributed by atoms with van der Waals surface area (Å²) in [5, 5.41) is 4.26. The molecule has 2 aliphatic rings. The molecule has 0 spiro atoms. The Morgan fingerprint density at radius 1 is 1.30 bits per heavy atom. The molecule has 1 saturated heterocycles. The van der Waals surface area contributed by atoms with Gasteiger partial charge in [-0.3, -0.25) is 13.8 Å². The van der Waals surface area contributed by atoms with Gasteiger partial charge in [0.05, 0.1) is 5.69 Å². The van der Waals surface area contributed by atoms with Gasteiger partial charge in [-0.05, 0) is 44.2 Å². The number of hydrogen-bond donors (Lipinski definition) is 3. The average molecular weight is 492 g/mol. The summed E-state index contributed by atoms with van der Waals surface area (Å²) in [5.74, 6) is 0.456. The Hall–Kier alpha value is -2.63. The molecule has 11 heteroatoms. The number of nitrogens with one attached hydrogen (secondary N) is 2. The number of thiazole rings is 1. The number of carbonyl (C=O) groups excluding carboxylic acids is 2. The van der Waals surface area contributed by atoms with Crippen LogP contribution >= 0.6 is 11.3 Å². The number of rotatable bonds is 3. The van der Waals surface area contributed by atoms with Crippen molar-refractivity contribution in [1.82, 2.24) is 20.2 Å². The highest BCUT2D eigenvalue weighted by molar-refractivity contribution is 7.85. The van der Waals surface area contributed by atoms with E-state index in [2.05, 4.69) is 27.2 Å². The van der Waals surface area contributed by atoms with Gasteiger partial charge in [-0.15, -0.1) is 11.3 Å². The fraction of sp³-hybridized carbons (Fsp3) is 0.409. The van der Waals surface area contributed by atoms with E-state index in [9.17, 15) is 18.2 Å². The van der Waals surface area contributed by atoms with E-state index < -0.39 is 16.7 Å². The van der Waals surface area contributed by atoms with E-state index in [0.717, 1.165) is 38.0 Å². The van der Waals surface area contributed by atoms with Gasteiger partial charge in [0.1, 0.15) is 11.5 Å². The van der Waals surface area contributed by atoms with Crippen molar-refractivity contribution in [1.29, 1.82) is 0 Å². The first-order valence-corrected chi connectivity index (χ1v) is 13.0. The van der Waals surface area contributed by atoms with Gasteiger partial charge in [0.2, 0.25) is 0 Å². The normalized spacial score (nSPS) is 20.5. The summed E-state index contributed by atoms with van der Waals surface area (Å²) < 4.78 is 24.0.